The van der Waals surface area contributed by atoms with Crippen molar-refractivity contribution in [1.82, 2.24) is 4.90 Å². The Morgan fingerprint density at radius 1 is 1.17 bits per heavy atom. The second kappa shape index (κ2) is 6.86. The number of carbonyl (C=O) groups is 3. The Bertz CT molecular complexity index is 681. The zero-order valence-corrected chi connectivity index (χ0v) is 13.4. The summed E-state index contributed by atoms with van der Waals surface area (Å²) in [5.41, 5.74) is 1.75. The fourth-order valence-corrected chi connectivity index (χ4v) is 3.12. The molecule has 6 nitrogen and oxygen atoms in total. The summed E-state index contributed by atoms with van der Waals surface area (Å²) in [6.07, 6.45) is 5.19. The van der Waals surface area contributed by atoms with Gasteiger partial charge in [-0.1, -0.05) is 12.1 Å². The van der Waals surface area contributed by atoms with E-state index in [2.05, 4.69) is 0 Å². The maximum Gasteiger partial charge on any atom is 0.308 e. The SMILES string of the molecule is O=C(O)C1CCN(C(=O)/C=C/c2ccc(N3CCCC3=O)cc2)C1. The molecule has 1 N–H and O–H groups in total. The number of carboxylic acid groups (broad SMARTS) is 1. The Balaban J connectivity index is 1.59. The van der Waals surface area contributed by atoms with Gasteiger partial charge >= 0.3 is 5.97 Å². The van der Waals surface area contributed by atoms with E-state index in [4.69, 9.17) is 5.11 Å². The minimum atomic E-state index is -0.846. The Kier molecular flexibility index (Phi) is 4.64. The number of anilines is 1. The van der Waals surface area contributed by atoms with Gasteiger partial charge in [-0.2, -0.15) is 0 Å². The van der Waals surface area contributed by atoms with Crippen LogP contribution in [0.2, 0.25) is 0 Å². The van der Waals surface area contributed by atoms with Crippen LogP contribution in [0.5, 0.6) is 0 Å². The monoisotopic (exact) mass is 328 g/mol. The van der Waals surface area contributed by atoms with Crippen LogP contribution in [0.15, 0.2) is 30.3 Å². The quantitative estimate of drug-likeness (QED) is 0.854. The van der Waals surface area contributed by atoms with Crippen molar-refractivity contribution in [2.24, 2.45) is 5.92 Å². The number of benzene rings is 1. The Morgan fingerprint density at radius 3 is 2.50 bits per heavy atom. The van der Waals surface area contributed by atoms with Gasteiger partial charge < -0.3 is 14.9 Å². The summed E-state index contributed by atoms with van der Waals surface area (Å²) in [6, 6.07) is 7.50. The molecule has 2 heterocycles. The summed E-state index contributed by atoms with van der Waals surface area (Å²) in [4.78, 5) is 38.1. The van der Waals surface area contributed by atoms with Crippen molar-refractivity contribution in [1.29, 1.82) is 0 Å². The van der Waals surface area contributed by atoms with Crippen molar-refractivity contribution in [3.63, 3.8) is 0 Å². The number of hydrogen-bond acceptors (Lipinski definition) is 3. The summed E-state index contributed by atoms with van der Waals surface area (Å²) in [5, 5.41) is 8.97. The van der Waals surface area contributed by atoms with E-state index in [-0.39, 0.29) is 18.4 Å². The van der Waals surface area contributed by atoms with Crippen LogP contribution in [0.3, 0.4) is 0 Å². The predicted molar refractivity (Wildman–Crippen MR) is 89.4 cm³/mol. The van der Waals surface area contributed by atoms with E-state index in [0.29, 0.717) is 19.4 Å². The highest BCUT2D eigenvalue weighted by Crippen LogP contribution is 2.22. The summed E-state index contributed by atoms with van der Waals surface area (Å²) in [5.74, 6) is -1.33. The largest absolute Gasteiger partial charge is 0.481 e. The van der Waals surface area contributed by atoms with Gasteiger partial charge in [0.1, 0.15) is 0 Å². The third-order valence-corrected chi connectivity index (χ3v) is 4.55. The van der Waals surface area contributed by atoms with E-state index >= 15 is 0 Å². The number of carbonyl (C=O) groups excluding carboxylic acids is 2. The lowest BCUT2D eigenvalue weighted by molar-refractivity contribution is -0.141. The zero-order valence-electron chi connectivity index (χ0n) is 13.4. The molecule has 0 aromatic heterocycles. The smallest absolute Gasteiger partial charge is 0.308 e. The van der Waals surface area contributed by atoms with Crippen molar-refractivity contribution in [3.8, 4) is 0 Å². The molecule has 3 rings (SSSR count). The second-order valence-electron chi connectivity index (χ2n) is 6.18. The lowest BCUT2D eigenvalue weighted by Gasteiger charge is -2.15. The number of aliphatic carboxylic acids is 1. The van der Waals surface area contributed by atoms with E-state index in [0.717, 1.165) is 24.2 Å². The van der Waals surface area contributed by atoms with Crippen molar-refractivity contribution >= 4 is 29.5 Å². The van der Waals surface area contributed by atoms with E-state index in [1.807, 2.05) is 24.3 Å². The van der Waals surface area contributed by atoms with Crippen molar-refractivity contribution in [2.75, 3.05) is 24.5 Å². The van der Waals surface area contributed by atoms with Crippen LogP contribution in [0.1, 0.15) is 24.8 Å². The molecule has 2 aliphatic rings. The fraction of sp³-hybridized carbons (Fsp3) is 0.389. The standard InChI is InChI=1S/C18H20N2O4/c21-16(19-11-9-14(12-19)18(23)24)8-5-13-3-6-15(7-4-13)20-10-1-2-17(20)22/h3-8,14H,1-2,9-12H2,(H,23,24)/b8-5+. The van der Waals surface area contributed by atoms with Crippen LogP contribution in [0.4, 0.5) is 5.69 Å². The van der Waals surface area contributed by atoms with E-state index < -0.39 is 11.9 Å². The van der Waals surface area contributed by atoms with Crippen LogP contribution in [-0.2, 0) is 14.4 Å². The van der Waals surface area contributed by atoms with Crippen LogP contribution >= 0.6 is 0 Å². The van der Waals surface area contributed by atoms with E-state index in [1.54, 1.807) is 15.9 Å². The van der Waals surface area contributed by atoms with Gasteiger partial charge in [-0.3, -0.25) is 14.4 Å². The average molecular weight is 328 g/mol. The lowest BCUT2D eigenvalue weighted by Crippen LogP contribution is -2.28. The normalized spacial score (nSPS) is 21.0. The number of amides is 2. The van der Waals surface area contributed by atoms with Gasteiger partial charge in [-0.25, -0.2) is 0 Å². The molecular formula is C18H20N2O4. The average Bonchev–Trinajstić information content (AvgIpc) is 3.22. The molecule has 2 saturated heterocycles. The summed E-state index contributed by atoms with van der Waals surface area (Å²) < 4.78 is 0. The topological polar surface area (TPSA) is 77.9 Å². The summed E-state index contributed by atoms with van der Waals surface area (Å²) in [7, 11) is 0. The molecular weight excluding hydrogens is 308 g/mol. The second-order valence-corrected chi connectivity index (χ2v) is 6.18. The fourth-order valence-electron chi connectivity index (χ4n) is 3.12. The van der Waals surface area contributed by atoms with Gasteiger partial charge in [0.05, 0.1) is 5.92 Å². The van der Waals surface area contributed by atoms with Gasteiger partial charge in [0.25, 0.3) is 0 Å². The lowest BCUT2D eigenvalue weighted by atomic mass is 10.1. The van der Waals surface area contributed by atoms with Crippen molar-refractivity contribution < 1.29 is 19.5 Å². The molecule has 0 bridgehead atoms. The summed E-state index contributed by atoms with van der Waals surface area (Å²) in [6.45, 7) is 1.51. The molecule has 1 atom stereocenters. The summed E-state index contributed by atoms with van der Waals surface area (Å²) >= 11 is 0. The van der Waals surface area contributed by atoms with Crippen molar-refractivity contribution in [3.05, 3.63) is 35.9 Å². The molecule has 0 radical (unpaired) electrons. The highest BCUT2D eigenvalue weighted by Gasteiger charge is 2.29. The van der Waals surface area contributed by atoms with Gasteiger partial charge in [0, 0.05) is 37.8 Å². The minimum absolute atomic E-state index is 0.149. The number of likely N-dealkylation sites (tertiary alicyclic amines) is 1. The molecule has 1 aromatic carbocycles. The van der Waals surface area contributed by atoms with E-state index in [9.17, 15) is 14.4 Å². The Morgan fingerprint density at radius 2 is 1.92 bits per heavy atom. The number of nitrogens with zero attached hydrogens (tertiary/aromatic N) is 2. The Labute approximate surface area is 140 Å². The first-order chi connectivity index (χ1) is 11.5. The van der Waals surface area contributed by atoms with Crippen LogP contribution < -0.4 is 4.90 Å². The first kappa shape index (κ1) is 16.2. The molecule has 0 aliphatic carbocycles. The predicted octanol–water partition coefficient (Wildman–Crippen LogP) is 1.76. The maximum absolute atomic E-state index is 12.1. The molecule has 2 fully saturated rings. The maximum atomic E-state index is 12.1. The van der Waals surface area contributed by atoms with Gasteiger partial charge in [0.15, 0.2) is 0 Å². The minimum Gasteiger partial charge on any atom is -0.481 e. The number of hydrogen-bond donors (Lipinski definition) is 1. The molecule has 1 unspecified atom stereocenters. The van der Waals surface area contributed by atoms with Crippen LogP contribution in [0, 0.1) is 5.92 Å². The molecule has 126 valence electrons. The van der Waals surface area contributed by atoms with Crippen LogP contribution in [-0.4, -0.2) is 47.4 Å². The van der Waals surface area contributed by atoms with Gasteiger partial charge in [-0.15, -0.1) is 0 Å². The highest BCUT2D eigenvalue weighted by atomic mass is 16.4. The molecule has 24 heavy (non-hydrogen) atoms. The molecule has 0 spiro atoms. The third-order valence-electron chi connectivity index (χ3n) is 4.55. The molecule has 2 amide bonds. The Hall–Kier alpha value is -2.63. The van der Waals surface area contributed by atoms with Gasteiger partial charge in [0.2, 0.25) is 11.8 Å². The molecule has 6 heteroatoms. The van der Waals surface area contributed by atoms with Crippen LogP contribution in [0.25, 0.3) is 6.08 Å². The number of rotatable bonds is 4. The zero-order chi connectivity index (χ0) is 17.1. The molecule has 2 aliphatic heterocycles. The molecule has 0 saturated carbocycles. The van der Waals surface area contributed by atoms with Crippen molar-refractivity contribution in [2.45, 2.75) is 19.3 Å². The number of carboxylic acids is 1. The van der Waals surface area contributed by atoms with Gasteiger partial charge in [-0.05, 0) is 36.6 Å². The third kappa shape index (κ3) is 3.48. The van der Waals surface area contributed by atoms with E-state index in [1.165, 1.54) is 6.08 Å². The highest BCUT2D eigenvalue weighted by molar-refractivity contribution is 5.95. The first-order valence-electron chi connectivity index (χ1n) is 8.15. The molecule has 1 aromatic rings. The first-order valence-corrected chi connectivity index (χ1v) is 8.15.